The Bertz CT molecular complexity index is 679. The molecule has 2 fully saturated rings. The Hall–Kier alpha value is -1.81. The van der Waals surface area contributed by atoms with Crippen LogP contribution in [0.5, 0.6) is 0 Å². The second-order valence-electron chi connectivity index (χ2n) is 6.43. The van der Waals surface area contributed by atoms with E-state index in [1.165, 1.54) is 19.5 Å². The van der Waals surface area contributed by atoms with Crippen LogP contribution in [0.4, 0.5) is 0 Å². The standard InChI is InChI=1S/C17H20N2O2/c1-11-6-14-8-13(2-3-16(14)21-11)17(20)18-15-7-12-4-5-19(9-12)10-15/h2-3,6,8,12,15H,4-5,7,9-10H2,1H3,(H,18,20). The molecule has 21 heavy (non-hydrogen) atoms. The van der Waals surface area contributed by atoms with Crippen molar-refractivity contribution in [2.45, 2.75) is 25.8 Å². The van der Waals surface area contributed by atoms with Gasteiger partial charge in [0.15, 0.2) is 0 Å². The number of benzene rings is 1. The fourth-order valence-corrected chi connectivity index (χ4v) is 3.75. The highest BCUT2D eigenvalue weighted by atomic mass is 16.3. The van der Waals surface area contributed by atoms with E-state index in [0.717, 1.165) is 41.2 Å². The Morgan fingerprint density at radius 2 is 2.24 bits per heavy atom. The van der Waals surface area contributed by atoms with Gasteiger partial charge in [-0.25, -0.2) is 0 Å². The predicted octanol–water partition coefficient (Wildman–Crippen LogP) is 2.57. The minimum atomic E-state index is 0.0308. The largest absolute Gasteiger partial charge is 0.461 e. The van der Waals surface area contributed by atoms with Gasteiger partial charge in [0.1, 0.15) is 11.3 Å². The Kier molecular flexibility index (Phi) is 3.00. The van der Waals surface area contributed by atoms with Gasteiger partial charge in [-0.1, -0.05) is 0 Å². The molecular formula is C17H20N2O2. The molecule has 2 aromatic rings. The highest BCUT2D eigenvalue weighted by Gasteiger charge is 2.32. The Morgan fingerprint density at radius 3 is 3.10 bits per heavy atom. The Labute approximate surface area is 124 Å². The quantitative estimate of drug-likeness (QED) is 0.922. The smallest absolute Gasteiger partial charge is 0.251 e. The number of aryl methyl sites for hydroxylation is 1. The van der Waals surface area contributed by atoms with Crippen molar-refractivity contribution < 1.29 is 9.21 Å². The molecule has 1 aromatic heterocycles. The molecule has 3 atom stereocenters. The number of carbonyl (C=O) groups excluding carboxylic acids is 1. The molecule has 4 heteroatoms. The molecule has 4 nitrogen and oxygen atoms in total. The molecule has 2 aliphatic heterocycles. The van der Waals surface area contributed by atoms with Crippen LogP contribution in [-0.4, -0.2) is 36.5 Å². The van der Waals surface area contributed by atoms with E-state index in [9.17, 15) is 4.79 Å². The first kappa shape index (κ1) is 12.9. The predicted molar refractivity (Wildman–Crippen MR) is 81.4 cm³/mol. The van der Waals surface area contributed by atoms with Crippen molar-refractivity contribution in [2.75, 3.05) is 19.6 Å². The van der Waals surface area contributed by atoms with Crippen molar-refractivity contribution in [1.29, 1.82) is 0 Å². The highest BCUT2D eigenvalue weighted by molar-refractivity contribution is 5.98. The summed E-state index contributed by atoms with van der Waals surface area (Å²) in [6.45, 7) is 5.32. The summed E-state index contributed by atoms with van der Waals surface area (Å²) >= 11 is 0. The van der Waals surface area contributed by atoms with Gasteiger partial charge >= 0.3 is 0 Å². The maximum Gasteiger partial charge on any atom is 0.251 e. The third-order valence-corrected chi connectivity index (χ3v) is 4.70. The topological polar surface area (TPSA) is 45.5 Å². The van der Waals surface area contributed by atoms with Gasteiger partial charge in [-0.05, 0) is 56.5 Å². The van der Waals surface area contributed by atoms with Gasteiger partial charge in [0.2, 0.25) is 0 Å². The molecule has 3 unspecified atom stereocenters. The molecule has 0 radical (unpaired) electrons. The molecule has 0 spiro atoms. The molecule has 2 saturated heterocycles. The molecule has 0 saturated carbocycles. The normalized spacial score (nSPS) is 28.0. The minimum absolute atomic E-state index is 0.0308. The van der Waals surface area contributed by atoms with Gasteiger partial charge in [-0.3, -0.25) is 4.79 Å². The number of hydrogen-bond acceptors (Lipinski definition) is 3. The van der Waals surface area contributed by atoms with Gasteiger partial charge in [0, 0.05) is 30.1 Å². The van der Waals surface area contributed by atoms with Crippen molar-refractivity contribution in [3.8, 4) is 0 Å². The van der Waals surface area contributed by atoms with Crippen LogP contribution in [0.25, 0.3) is 11.0 Å². The van der Waals surface area contributed by atoms with Crippen molar-refractivity contribution in [3.05, 3.63) is 35.6 Å². The average Bonchev–Trinajstić information content (AvgIpc) is 2.99. The third-order valence-electron chi connectivity index (χ3n) is 4.70. The molecule has 1 aromatic carbocycles. The van der Waals surface area contributed by atoms with E-state index in [4.69, 9.17) is 4.42 Å². The summed E-state index contributed by atoms with van der Waals surface area (Å²) in [4.78, 5) is 14.9. The summed E-state index contributed by atoms with van der Waals surface area (Å²) in [5, 5.41) is 4.19. The minimum Gasteiger partial charge on any atom is -0.461 e. The van der Waals surface area contributed by atoms with Crippen LogP contribution in [0.15, 0.2) is 28.7 Å². The van der Waals surface area contributed by atoms with E-state index in [2.05, 4.69) is 10.2 Å². The summed E-state index contributed by atoms with van der Waals surface area (Å²) in [6.07, 6.45) is 2.40. The molecule has 2 bridgehead atoms. The Balaban J connectivity index is 1.50. The van der Waals surface area contributed by atoms with Gasteiger partial charge in [0.25, 0.3) is 5.91 Å². The van der Waals surface area contributed by atoms with E-state index in [1.54, 1.807) is 0 Å². The zero-order valence-corrected chi connectivity index (χ0v) is 12.3. The van der Waals surface area contributed by atoms with E-state index < -0.39 is 0 Å². The van der Waals surface area contributed by atoms with Crippen molar-refractivity contribution >= 4 is 16.9 Å². The number of fused-ring (bicyclic) bond motifs is 3. The maximum atomic E-state index is 12.4. The van der Waals surface area contributed by atoms with Crippen LogP contribution >= 0.6 is 0 Å². The molecular weight excluding hydrogens is 264 g/mol. The number of hydrogen-bond donors (Lipinski definition) is 1. The van der Waals surface area contributed by atoms with Crippen molar-refractivity contribution in [3.63, 3.8) is 0 Å². The van der Waals surface area contributed by atoms with E-state index in [1.807, 2.05) is 31.2 Å². The number of carbonyl (C=O) groups is 1. The summed E-state index contributed by atoms with van der Waals surface area (Å²) in [5.41, 5.74) is 1.56. The van der Waals surface area contributed by atoms with Gasteiger partial charge in [-0.15, -0.1) is 0 Å². The van der Waals surface area contributed by atoms with E-state index in [-0.39, 0.29) is 5.91 Å². The summed E-state index contributed by atoms with van der Waals surface area (Å²) < 4.78 is 5.55. The van der Waals surface area contributed by atoms with Crippen LogP contribution in [0.2, 0.25) is 0 Å². The van der Waals surface area contributed by atoms with Crippen LogP contribution in [-0.2, 0) is 0 Å². The zero-order valence-electron chi connectivity index (χ0n) is 12.3. The molecule has 4 rings (SSSR count). The number of nitrogens with zero attached hydrogens (tertiary/aromatic N) is 1. The zero-order chi connectivity index (χ0) is 14.4. The average molecular weight is 284 g/mol. The first-order valence-electron chi connectivity index (χ1n) is 7.71. The number of furan rings is 1. The second-order valence-corrected chi connectivity index (χ2v) is 6.43. The molecule has 1 amide bonds. The summed E-state index contributed by atoms with van der Waals surface area (Å²) in [5.74, 6) is 1.67. The van der Waals surface area contributed by atoms with Crippen LogP contribution in [0, 0.1) is 12.8 Å². The monoisotopic (exact) mass is 284 g/mol. The lowest BCUT2D eigenvalue weighted by Crippen LogP contribution is -2.47. The number of rotatable bonds is 2. The lowest BCUT2D eigenvalue weighted by Gasteiger charge is -2.30. The maximum absolute atomic E-state index is 12.4. The van der Waals surface area contributed by atoms with E-state index >= 15 is 0 Å². The second kappa shape index (κ2) is 4.88. The highest BCUT2D eigenvalue weighted by Crippen LogP contribution is 2.27. The first-order valence-corrected chi connectivity index (χ1v) is 7.71. The fourth-order valence-electron chi connectivity index (χ4n) is 3.75. The third kappa shape index (κ3) is 2.44. The van der Waals surface area contributed by atoms with Crippen molar-refractivity contribution in [2.24, 2.45) is 5.92 Å². The van der Waals surface area contributed by atoms with Gasteiger partial charge in [-0.2, -0.15) is 0 Å². The van der Waals surface area contributed by atoms with Gasteiger partial charge < -0.3 is 14.6 Å². The first-order chi connectivity index (χ1) is 10.2. The lowest BCUT2D eigenvalue weighted by molar-refractivity contribution is 0.0909. The number of nitrogens with one attached hydrogen (secondary N) is 1. The molecule has 2 aliphatic rings. The summed E-state index contributed by atoms with van der Waals surface area (Å²) in [6, 6.07) is 7.90. The number of piperidine rings is 1. The van der Waals surface area contributed by atoms with Crippen LogP contribution < -0.4 is 5.32 Å². The van der Waals surface area contributed by atoms with Gasteiger partial charge in [0.05, 0.1) is 0 Å². The van der Waals surface area contributed by atoms with E-state index in [0.29, 0.717) is 6.04 Å². The molecule has 1 N–H and O–H groups in total. The SMILES string of the molecule is Cc1cc2cc(C(=O)NC3CC4CCN(C4)C3)ccc2o1. The lowest BCUT2D eigenvalue weighted by atomic mass is 9.96. The molecule has 3 heterocycles. The van der Waals surface area contributed by atoms with Crippen LogP contribution in [0.1, 0.15) is 29.0 Å². The summed E-state index contributed by atoms with van der Waals surface area (Å²) in [7, 11) is 0. The fraction of sp³-hybridized carbons (Fsp3) is 0.471. The number of amides is 1. The van der Waals surface area contributed by atoms with Crippen LogP contribution in [0.3, 0.4) is 0 Å². The molecule has 0 aliphatic carbocycles. The van der Waals surface area contributed by atoms with Crippen molar-refractivity contribution in [1.82, 2.24) is 10.2 Å². The molecule has 110 valence electrons. The Morgan fingerprint density at radius 1 is 1.33 bits per heavy atom.